The Balaban J connectivity index is 1.68. The molecule has 1 amide bonds. The van der Waals surface area contributed by atoms with Crippen LogP contribution < -0.4 is 14.4 Å². The lowest BCUT2D eigenvalue weighted by atomic mass is 10.1. The summed E-state index contributed by atoms with van der Waals surface area (Å²) in [4.78, 5) is 12.5. The maximum atomic E-state index is 12.5. The normalized spacial score (nSPS) is 11.2. The van der Waals surface area contributed by atoms with Crippen molar-refractivity contribution in [2.75, 3.05) is 24.2 Å². The number of halogens is 2. The standard InChI is InChI=1S/C24H24Cl2N2O4S/c1-32-23-12-11-21(26)15-22(23)28(33(2,30)31)16-18-3-7-19(8-4-18)24(29)27-14-13-17-5-9-20(25)10-6-17/h3-12,15H,13-14,16H2,1-2H3,(H,27,29). The van der Waals surface area contributed by atoms with Crippen LogP contribution in [0.1, 0.15) is 21.5 Å². The van der Waals surface area contributed by atoms with Gasteiger partial charge >= 0.3 is 0 Å². The van der Waals surface area contributed by atoms with Crippen molar-refractivity contribution in [2.24, 2.45) is 0 Å². The van der Waals surface area contributed by atoms with E-state index in [0.29, 0.717) is 45.6 Å². The van der Waals surface area contributed by atoms with E-state index in [9.17, 15) is 13.2 Å². The zero-order chi connectivity index (χ0) is 24.0. The highest BCUT2D eigenvalue weighted by Crippen LogP contribution is 2.33. The molecule has 0 heterocycles. The topological polar surface area (TPSA) is 75.7 Å². The highest BCUT2D eigenvalue weighted by Gasteiger charge is 2.22. The molecular formula is C24H24Cl2N2O4S. The van der Waals surface area contributed by atoms with Gasteiger partial charge in [-0.25, -0.2) is 8.42 Å². The van der Waals surface area contributed by atoms with Gasteiger partial charge in [-0.1, -0.05) is 47.5 Å². The first-order chi connectivity index (χ1) is 15.7. The molecule has 3 aromatic carbocycles. The van der Waals surface area contributed by atoms with Crippen LogP contribution >= 0.6 is 23.2 Å². The van der Waals surface area contributed by atoms with Crippen LogP contribution in [0.15, 0.2) is 66.7 Å². The summed E-state index contributed by atoms with van der Waals surface area (Å²) < 4.78 is 31.5. The van der Waals surface area contributed by atoms with Crippen LogP contribution in [0.2, 0.25) is 10.0 Å². The average Bonchev–Trinajstić information content (AvgIpc) is 2.78. The molecule has 0 aliphatic rings. The van der Waals surface area contributed by atoms with Crippen LogP contribution in [-0.4, -0.2) is 34.2 Å². The molecule has 6 nitrogen and oxygen atoms in total. The summed E-state index contributed by atoms with van der Waals surface area (Å²) in [6.45, 7) is 0.548. The van der Waals surface area contributed by atoms with Gasteiger partial charge in [0.2, 0.25) is 10.0 Å². The second-order valence-electron chi connectivity index (χ2n) is 7.42. The first kappa shape index (κ1) is 24.9. The number of ether oxygens (including phenoxy) is 1. The zero-order valence-corrected chi connectivity index (χ0v) is 20.5. The van der Waals surface area contributed by atoms with Crippen LogP contribution in [0.4, 0.5) is 5.69 Å². The lowest BCUT2D eigenvalue weighted by molar-refractivity contribution is 0.0954. The monoisotopic (exact) mass is 506 g/mol. The van der Waals surface area contributed by atoms with Gasteiger partial charge in [0.1, 0.15) is 5.75 Å². The average molecular weight is 507 g/mol. The Bertz CT molecular complexity index is 1210. The molecule has 0 aromatic heterocycles. The Hall–Kier alpha value is -2.74. The SMILES string of the molecule is COc1ccc(Cl)cc1N(Cc1ccc(C(=O)NCCc2ccc(Cl)cc2)cc1)S(C)(=O)=O. The molecule has 3 aromatic rings. The summed E-state index contributed by atoms with van der Waals surface area (Å²) in [5.41, 5.74) is 2.62. The number of benzene rings is 3. The molecule has 0 aliphatic carbocycles. The van der Waals surface area contributed by atoms with Crippen LogP contribution in [0.25, 0.3) is 0 Å². The predicted octanol–water partition coefficient (Wildman–Crippen LogP) is 4.94. The van der Waals surface area contributed by atoms with Gasteiger partial charge in [0.25, 0.3) is 5.91 Å². The molecule has 0 bridgehead atoms. The third-order valence-corrected chi connectivity index (χ3v) is 6.58. The molecule has 0 fully saturated rings. The van der Waals surface area contributed by atoms with E-state index in [4.69, 9.17) is 27.9 Å². The molecule has 0 saturated carbocycles. The van der Waals surface area contributed by atoms with E-state index in [1.165, 1.54) is 11.4 Å². The fourth-order valence-electron chi connectivity index (χ4n) is 3.24. The van der Waals surface area contributed by atoms with Crippen molar-refractivity contribution in [2.45, 2.75) is 13.0 Å². The molecule has 3 rings (SSSR count). The Labute approximate surface area is 204 Å². The number of methoxy groups -OCH3 is 1. The Morgan fingerprint density at radius 1 is 0.939 bits per heavy atom. The molecule has 0 radical (unpaired) electrons. The van der Waals surface area contributed by atoms with Gasteiger partial charge in [0.15, 0.2) is 0 Å². The maximum Gasteiger partial charge on any atom is 0.251 e. The lowest BCUT2D eigenvalue weighted by Crippen LogP contribution is -2.30. The molecular weight excluding hydrogens is 483 g/mol. The Morgan fingerprint density at radius 3 is 2.15 bits per heavy atom. The lowest BCUT2D eigenvalue weighted by Gasteiger charge is -2.24. The molecule has 1 N–H and O–H groups in total. The van der Waals surface area contributed by atoms with Crippen molar-refractivity contribution in [3.05, 3.63) is 93.5 Å². The third kappa shape index (κ3) is 6.87. The number of carbonyl (C=O) groups is 1. The number of nitrogens with one attached hydrogen (secondary N) is 1. The molecule has 0 aliphatic heterocycles. The van der Waals surface area contributed by atoms with Crippen LogP contribution in [0, 0.1) is 0 Å². The third-order valence-electron chi connectivity index (χ3n) is 4.96. The van der Waals surface area contributed by atoms with E-state index in [0.717, 1.165) is 11.8 Å². The summed E-state index contributed by atoms with van der Waals surface area (Å²) in [6.07, 6.45) is 1.81. The summed E-state index contributed by atoms with van der Waals surface area (Å²) in [5, 5.41) is 3.95. The molecule has 9 heteroatoms. The van der Waals surface area contributed by atoms with E-state index in [2.05, 4.69) is 5.32 Å². The van der Waals surface area contributed by atoms with Crippen LogP contribution in [0.3, 0.4) is 0 Å². The number of carbonyl (C=O) groups excluding carboxylic acids is 1. The highest BCUT2D eigenvalue weighted by atomic mass is 35.5. The van der Waals surface area contributed by atoms with Gasteiger partial charge in [-0.3, -0.25) is 9.10 Å². The second kappa shape index (κ2) is 10.9. The molecule has 33 heavy (non-hydrogen) atoms. The van der Waals surface area contributed by atoms with E-state index < -0.39 is 10.0 Å². The summed E-state index contributed by atoms with van der Waals surface area (Å²) in [7, 11) is -2.16. The largest absolute Gasteiger partial charge is 0.495 e. The zero-order valence-electron chi connectivity index (χ0n) is 18.2. The van der Waals surface area contributed by atoms with Gasteiger partial charge in [-0.2, -0.15) is 0 Å². The first-order valence-electron chi connectivity index (χ1n) is 10.1. The van der Waals surface area contributed by atoms with Crippen molar-refractivity contribution in [1.82, 2.24) is 5.32 Å². The van der Waals surface area contributed by atoms with Crippen molar-refractivity contribution in [3.63, 3.8) is 0 Å². The quantitative estimate of drug-likeness (QED) is 0.445. The Morgan fingerprint density at radius 2 is 1.55 bits per heavy atom. The summed E-state index contributed by atoms with van der Waals surface area (Å²) in [6, 6.07) is 19.1. The summed E-state index contributed by atoms with van der Waals surface area (Å²) >= 11 is 12.0. The smallest absolute Gasteiger partial charge is 0.251 e. The van der Waals surface area contributed by atoms with E-state index in [1.807, 2.05) is 24.3 Å². The minimum Gasteiger partial charge on any atom is -0.495 e. The van der Waals surface area contributed by atoms with E-state index in [1.54, 1.807) is 42.5 Å². The number of hydrogen-bond acceptors (Lipinski definition) is 4. The van der Waals surface area contributed by atoms with E-state index >= 15 is 0 Å². The molecule has 0 unspecified atom stereocenters. The van der Waals surface area contributed by atoms with E-state index in [-0.39, 0.29) is 12.5 Å². The predicted molar refractivity (Wildman–Crippen MR) is 133 cm³/mol. The highest BCUT2D eigenvalue weighted by molar-refractivity contribution is 7.92. The number of sulfonamides is 1. The minimum atomic E-state index is -3.63. The van der Waals surface area contributed by atoms with Crippen molar-refractivity contribution < 1.29 is 17.9 Å². The number of nitrogens with zero attached hydrogens (tertiary/aromatic N) is 1. The van der Waals surface area contributed by atoms with Gasteiger partial charge < -0.3 is 10.1 Å². The second-order valence-corrected chi connectivity index (χ2v) is 10.2. The van der Waals surface area contributed by atoms with Crippen LogP contribution in [-0.2, 0) is 23.0 Å². The number of amides is 1. The molecule has 0 spiro atoms. The molecule has 0 saturated heterocycles. The molecule has 0 atom stereocenters. The minimum absolute atomic E-state index is 0.0635. The summed E-state index contributed by atoms with van der Waals surface area (Å²) in [5.74, 6) is 0.188. The van der Waals surface area contributed by atoms with Crippen molar-refractivity contribution in [1.29, 1.82) is 0 Å². The molecule has 174 valence electrons. The van der Waals surface area contributed by atoms with Gasteiger partial charge in [-0.15, -0.1) is 0 Å². The number of rotatable bonds is 9. The van der Waals surface area contributed by atoms with Crippen molar-refractivity contribution in [3.8, 4) is 5.75 Å². The Kier molecular flexibility index (Phi) is 8.24. The first-order valence-corrected chi connectivity index (χ1v) is 12.7. The fourth-order valence-corrected chi connectivity index (χ4v) is 4.42. The fraction of sp³-hybridized carbons (Fsp3) is 0.208. The van der Waals surface area contributed by atoms with Gasteiger partial charge in [0, 0.05) is 22.2 Å². The van der Waals surface area contributed by atoms with Gasteiger partial charge in [-0.05, 0) is 60.0 Å². The van der Waals surface area contributed by atoms with Gasteiger partial charge in [0.05, 0.1) is 25.6 Å². The van der Waals surface area contributed by atoms with Crippen molar-refractivity contribution >= 4 is 44.8 Å². The number of hydrogen-bond donors (Lipinski definition) is 1. The van der Waals surface area contributed by atoms with Crippen LogP contribution in [0.5, 0.6) is 5.75 Å². The number of anilines is 1. The maximum absolute atomic E-state index is 12.5.